The molecule has 5 atom stereocenters. The number of hydrogen-bond donors (Lipinski definition) is 2. The number of nitrogens with one attached hydrogen (secondary N) is 1. The number of aliphatic hydroxyl groups is 1. The molecule has 0 spiro atoms. The number of carbonyl (C=O) groups excluding carboxylic acids is 4. The van der Waals surface area contributed by atoms with Gasteiger partial charge < -0.3 is 34.1 Å². The summed E-state index contributed by atoms with van der Waals surface area (Å²) < 4.78 is 28.3. The van der Waals surface area contributed by atoms with E-state index in [0.717, 1.165) is 55.2 Å². The van der Waals surface area contributed by atoms with Crippen LogP contribution in [0.2, 0.25) is 0 Å². The fourth-order valence-corrected chi connectivity index (χ4v) is 7.72. The highest BCUT2D eigenvalue weighted by Crippen LogP contribution is 2.42. The van der Waals surface area contributed by atoms with Gasteiger partial charge in [-0.3, -0.25) is 19.2 Å². The molecule has 1 fully saturated rings. The molecule has 61 heavy (non-hydrogen) atoms. The first-order chi connectivity index (χ1) is 29.4. The zero-order chi connectivity index (χ0) is 44.2. The molecule has 3 aromatic rings. The number of ether oxygens (including phenoxy) is 5. The number of hydrogen-bond acceptors (Lipinski definition) is 11. The lowest BCUT2D eigenvalue weighted by Gasteiger charge is -2.44. The zero-order valence-electron chi connectivity index (χ0n) is 36.8. The lowest BCUT2D eigenvalue weighted by molar-refractivity contribution is -0.244. The van der Waals surface area contributed by atoms with Crippen LogP contribution in [0, 0.1) is 11.8 Å². The fourth-order valence-electron chi connectivity index (χ4n) is 7.72. The molecule has 1 aliphatic heterocycles. The normalized spacial score (nSPS) is 18.8. The third-order valence-corrected chi connectivity index (χ3v) is 11.4. The second kappa shape index (κ2) is 25.2. The van der Waals surface area contributed by atoms with Gasteiger partial charge in [0.25, 0.3) is 0 Å². The Kier molecular flexibility index (Phi) is 20.2. The first kappa shape index (κ1) is 48.8. The SMILES string of the molecule is COc1ccc(C(ON(CCO)C(=O)CCCCCCC(=O)CCCCCOC2OC(COC(C)=O)C(C)C(C)C2NC(C)=O)(c2ccccc2)c2ccc(OC)cc2)cc1. The molecule has 1 aliphatic rings. The minimum atomic E-state index is -1.26. The number of esters is 1. The predicted octanol–water partition coefficient (Wildman–Crippen LogP) is 7.30. The molecule has 0 saturated carbocycles. The molecule has 1 saturated heterocycles. The molecule has 0 aliphatic carbocycles. The Morgan fingerprint density at radius 2 is 1.26 bits per heavy atom. The minimum Gasteiger partial charge on any atom is -0.497 e. The van der Waals surface area contributed by atoms with Crippen molar-refractivity contribution >= 4 is 23.6 Å². The summed E-state index contributed by atoms with van der Waals surface area (Å²) in [6.07, 6.45) is 5.41. The number of ketones is 1. The summed E-state index contributed by atoms with van der Waals surface area (Å²) in [7, 11) is 3.21. The third kappa shape index (κ3) is 14.4. The number of methoxy groups -OCH3 is 2. The molecule has 0 aromatic heterocycles. The highest BCUT2D eigenvalue weighted by molar-refractivity contribution is 5.78. The maximum atomic E-state index is 13.8. The molecule has 4 rings (SSSR count). The summed E-state index contributed by atoms with van der Waals surface area (Å²) in [6.45, 7) is 7.09. The number of unbranched alkanes of at least 4 members (excludes halogenated alkanes) is 5. The Bertz CT molecular complexity index is 1740. The highest BCUT2D eigenvalue weighted by atomic mass is 16.7. The Morgan fingerprint density at radius 3 is 1.79 bits per heavy atom. The van der Waals surface area contributed by atoms with Gasteiger partial charge in [-0.05, 0) is 78.5 Å². The number of hydroxylamine groups is 2. The van der Waals surface area contributed by atoms with E-state index in [1.54, 1.807) is 14.2 Å². The summed E-state index contributed by atoms with van der Waals surface area (Å²) in [5.41, 5.74) is 1.07. The average Bonchev–Trinajstić information content (AvgIpc) is 3.26. The Hall–Kier alpha value is -4.82. The second-order valence-electron chi connectivity index (χ2n) is 15.7. The van der Waals surface area contributed by atoms with Gasteiger partial charge in [0, 0.05) is 39.7 Å². The van der Waals surface area contributed by atoms with Gasteiger partial charge in [0.1, 0.15) is 23.9 Å². The van der Waals surface area contributed by atoms with Crippen LogP contribution in [-0.4, -0.2) is 92.8 Å². The van der Waals surface area contributed by atoms with Crippen LogP contribution in [0.25, 0.3) is 0 Å². The van der Waals surface area contributed by atoms with Crippen molar-refractivity contribution < 1.29 is 52.8 Å². The van der Waals surface area contributed by atoms with Gasteiger partial charge in [-0.25, -0.2) is 9.90 Å². The van der Waals surface area contributed by atoms with Crippen LogP contribution in [0.1, 0.15) is 109 Å². The Morgan fingerprint density at radius 1 is 0.721 bits per heavy atom. The van der Waals surface area contributed by atoms with E-state index in [2.05, 4.69) is 5.32 Å². The number of Topliss-reactive ketones (excluding diaryl/α,β-unsaturated/α-hetero) is 1. The maximum Gasteiger partial charge on any atom is 0.302 e. The molecule has 0 radical (unpaired) electrons. The number of nitrogens with zero attached hydrogens (tertiary/aromatic N) is 1. The van der Waals surface area contributed by atoms with Gasteiger partial charge in [-0.15, -0.1) is 0 Å². The van der Waals surface area contributed by atoms with Crippen molar-refractivity contribution in [2.24, 2.45) is 11.8 Å². The van der Waals surface area contributed by atoms with Crippen molar-refractivity contribution in [3.05, 3.63) is 95.6 Å². The van der Waals surface area contributed by atoms with Gasteiger partial charge >= 0.3 is 5.97 Å². The van der Waals surface area contributed by atoms with Crippen molar-refractivity contribution in [2.75, 3.05) is 40.6 Å². The number of aliphatic hydroxyl groups excluding tert-OH is 1. The van der Waals surface area contributed by atoms with Gasteiger partial charge in [-0.1, -0.05) is 87.7 Å². The molecule has 3 aromatic carbocycles. The monoisotopic (exact) mass is 846 g/mol. The van der Waals surface area contributed by atoms with Gasteiger partial charge in [-0.2, -0.15) is 0 Å². The summed E-state index contributed by atoms with van der Waals surface area (Å²) in [6, 6.07) is 24.4. The van der Waals surface area contributed by atoms with Gasteiger partial charge in [0.05, 0.1) is 39.5 Å². The van der Waals surface area contributed by atoms with E-state index in [1.807, 2.05) is 92.7 Å². The van der Waals surface area contributed by atoms with Crippen molar-refractivity contribution in [2.45, 2.75) is 116 Å². The fraction of sp³-hybridized carbons (Fsp3) is 0.542. The van der Waals surface area contributed by atoms with Crippen LogP contribution in [0.3, 0.4) is 0 Å². The van der Waals surface area contributed by atoms with Crippen molar-refractivity contribution in [1.82, 2.24) is 10.4 Å². The van der Waals surface area contributed by atoms with Crippen molar-refractivity contribution in [3.63, 3.8) is 0 Å². The predicted molar refractivity (Wildman–Crippen MR) is 231 cm³/mol. The zero-order valence-corrected chi connectivity index (χ0v) is 36.8. The van der Waals surface area contributed by atoms with E-state index in [9.17, 15) is 24.3 Å². The number of benzene rings is 3. The summed E-state index contributed by atoms with van der Waals surface area (Å²) in [4.78, 5) is 56.7. The molecular weight excluding hydrogens is 781 g/mol. The van der Waals surface area contributed by atoms with Crippen LogP contribution < -0.4 is 14.8 Å². The van der Waals surface area contributed by atoms with E-state index in [4.69, 9.17) is 28.5 Å². The largest absolute Gasteiger partial charge is 0.497 e. The van der Waals surface area contributed by atoms with Crippen molar-refractivity contribution in [1.29, 1.82) is 0 Å². The second-order valence-corrected chi connectivity index (χ2v) is 15.7. The molecule has 1 heterocycles. The number of amides is 2. The smallest absolute Gasteiger partial charge is 0.302 e. The molecular formula is C48H66N2O11. The molecule has 13 nitrogen and oxygen atoms in total. The Balaban J connectivity index is 1.24. The molecule has 2 amide bonds. The first-order valence-electron chi connectivity index (χ1n) is 21.6. The molecule has 5 unspecified atom stereocenters. The number of rotatable bonds is 26. The first-order valence-corrected chi connectivity index (χ1v) is 21.6. The van der Waals surface area contributed by atoms with E-state index < -0.39 is 11.9 Å². The van der Waals surface area contributed by atoms with Crippen LogP contribution in [0.15, 0.2) is 78.9 Å². The summed E-state index contributed by atoms with van der Waals surface area (Å²) in [5, 5.41) is 14.3. The number of carbonyl (C=O) groups is 4. The molecule has 334 valence electrons. The lowest BCUT2D eigenvalue weighted by atomic mass is 9.80. The van der Waals surface area contributed by atoms with Crippen LogP contribution in [-0.2, 0) is 43.8 Å². The van der Waals surface area contributed by atoms with Crippen LogP contribution in [0.4, 0.5) is 0 Å². The third-order valence-electron chi connectivity index (χ3n) is 11.4. The standard InChI is InChI=1S/C48H66N2O11/c1-34-35(2)46(49-36(3)52)47(60-44(34)33-59-37(4)53)58-32-16-10-14-20-41(54)19-13-7-8-15-21-45(55)50(30-31-51)61-48(38-17-11-9-12-18-38,39-22-26-42(56-5)27-23-39)40-24-28-43(57-6)29-25-40/h9,11-12,17-18,22-29,34-35,44,46-47,51H,7-8,10,13-16,19-21,30-33H2,1-6H3,(H,49,52). The van der Waals surface area contributed by atoms with Crippen LogP contribution in [0.5, 0.6) is 11.5 Å². The average molecular weight is 847 g/mol. The summed E-state index contributed by atoms with van der Waals surface area (Å²) >= 11 is 0. The van der Waals surface area contributed by atoms with Gasteiger partial charge in [0.2, 0.25) is 11.8 Å². The van der Waals surface area contributed by atoms with E-state index in [0.29, 0.717) is 37.4 Å². The topological polar surface area (TPSA) is 159 Å². The highest BCUT2D eigenvalue weighted by Gasteiger charge is 2.43. The quantitative estimate of drug-likeness (QED) is 0.0362. The Labute approximate surface area is 361 Å². The molecule has 0 bridgehead atoms. The van der Waals surface area contributed by atoms with E-state index in [1.165, 1.54) is 18.9 Å². The van der Waals surface area contributed by atoms with E-state index in [-0.39, 0.29) is 73.7 Å². The maximum absolute atomic E-state index is 13.8. The van der Waals surface area contributed by atoms with Gasteiger partial charge in [0.15, 0.2) is 11.9 Å². The van der Waals surface area contributed by atoms with E-state index >= 15 is 0 Å². The lowest BCUT2D eigenvalue weighted by Crippen LogP contribution is -2.58. The van der Waals surface area contributed by atoms with Crippen LogP contribution >= 0.6 is 0 Å². The molecule has 13 heteroatoms. The van der Waals surface area contributed by atoms with Crippen molar-refractivity contribution in [3.8, 4) is 11.5 Å². The summed E-state index contributed by atoms with van der Waals surface area (Å²) in [5.74, 6) is 0.853. The minimum absolute atomic E-state index is 0.0249. The molecule has 2 N–H and O–H groups in total.